The van der Waals surface area contributed by atoms with Gasteiger partial charge in [-0.3, -0.25) is 4.79 Å². The molecule has 5 nitrogen and oxygen atoms in total. The van der Waals surface area contributed by atoms with Crippen LogP contribution in [0, 0.1) is 17.6 Å². The molecule has 1 amide bonds. The number of hydrogen-bond acceptors (Lipinski definition) is 2. The lowest BCUT2D eigenvalue weighted by Gasteiger charge is -2.31. The molecule has 2 aromatic carbocycles. The molecule has 1 aliphatic heterocycles. The van der Waals surface area contributed by atoms with Gasteiger partial charge in [0.1, 0.15) is 18.2 Å². The van der Waals surface area contributed by atoms with Gasteiger partial charge in [0.05, 0.1) is 5.69 Å². The van der Waals surface area contributed by atoms with Crippen molar-refractivity contribution in [2.24, 2.45) is 16.6 Å². The highest BCUT2D eigenvalue weighted by atomic mass is 19.1. The zero-order valence-electron chi connectivity index (χ0n) is 15.6. The van der Waals surface area contributed by atoms with Crippen LogP contribution >= 0.6 is 0 Å². The van der Waals surface area contributed by atoms with Gasteiger partial charge in [-0.1, -0.05) is 30.3 Å². The Kier molecular flexibility index (Phi) is 6.57. The summed E-state index contributed by atoms with van der Waals surface area (Å²) in [6.07, 6.45) is 2.93. The largest absolute Gasteiger partial charge is 0.370 e. The number of nitrogens with one attached hydrogen (secondary N) is 1. The molecule has 3 rings (SSSR count). The molecule has 1 saturated heterocycles. The highest BCUT2D eigenvalue weighted by molar-refractivity contribution is 5.94. The lowest BCUT2D eigenvalue weighted by Crippen LogP contribution is -2.40. The second kappa shape index (κ2) is 9.30. The number of halogens is 2. The van der Waals surface area contributed by atoms with Crippen LogP contribution in [-0.4, -0.2) is 36.4 Å². The van der Waals surface area contributed by atoms with E-state index in [0.29, 0.717) is 19.0 Å². The predicted octanol–water partition coefficient (Wildman–Crippen LogP) is 3.17. The SMILES string of the molecule is NC(=NCC(=O)N1CCC(Cc2ccccc2)CC1)Nc1cc(F)ccc1F. The summed E-state index contributed by atoms with van der Waals surface area (Å²) in [4.78, 5) is 18.1. The Morgan fingerprint density at radius 3 is 2.57 bits per heavy atom. The molecule has 0 bridgehead atoms. The van der Waals surface area contributed by atoms with Crippen LogP contribution in [0.5, 0.6) is 0 Å². The molecular weight excluding hydrogens is 362 g/mol. The van der Waals surface area contributed by atoms with E-state index in [1.54, 1.807) is 4.90 Å². The number of hydrogen-bond donors (Lipinski definition) is 2. The minimum absolute atomic E-state index is 0.115. The van der Waals surface area contributed by atoms with E-state index < -0.39 is 11.6 Å². The molecule has 0 spiro atoms. The molecule has 1 fully saturated rings. The quantitative estimate of drug-likeness (QED) is 0.613. The molecule has 148 valence electrons. The number of guanidine groups is 1. The fourth-order valence-corrected chi connectivity index (χ4v) is 3.36. The van der Waals surface area contributed by atoms with Gasteiger partial charge in [0.25, 0.3) is 0 Å². The lowest BCUT2D eigenvalue weighted by molar-refractivity contribution is -0.130. The molecule has 1 aliphatic rings. The van der Waals surface area contributed by atoms with Crippen molar-refractivity contribution in [1.29, 1.82) is 0 Å². The molecule has 0 radical (unpaired) electrons. The number of likely N-dealkylation sites (tertiary alicyclic amines) is 1. The third-order valence-corrected chi connectivity index (χ3v) is 4.91. The molecule has 0 atom stereocenters. The second-order valence-corrected chi connectivity index (χ2v) is 6.96. The molecule has 7 heteroatoms. The van der Waals surface area contributed by atoms with Gasteiger partial charge in [0, 0.05) is 19.2 Å². The molecular formula is C21H24F2N4O. The number of amides is 1. The van der Waals surface area contributed by atoms with Gasteiger partial charge in [-0.05, 0) is 42.9 Å². The van der Waals surface area contributed by atoms with Crippen molar-refractivity contribution in [3.05, 3.63) is 65.7 Å². The molecule has 0 aliphatic carbocycles. The zero-order chi connectivity index (χ0) is 19.9. The van der Waals surface area contributed by atoms with Crippen LogP contribution in [0.1, 0.15) is 18.4 Å². The van der Waals surface area contributed by atoms with E-state index in [4.69, 9.17) is 5.73 Å². The molecule has 0 unspecified atom stereocenters. The van der Waals surface area contributed by atoms with Gasteiger partial charge in [-0.2, -0.15) is 0 Å². The third kappa shape index (κ3) is 5.52. The maximum Gasteiger partial charge on any atom is 0.244 e. The Balaban J connectivity index is 1.46. The van der Waals surface area contributed by atoms with Crippen molar-refractivity contribution in [2.75, 3.05) is 25.0 Å². The van der Waals surface area contributed by atoms with E-state index >= 15 is 0 Å². The Labute approximate surface area is 163 Å². The summed E-state index contributed by atoms with van der Waals surface area (Å²) in [5, 5.41) is 2.49. The first kappa shape index (κ1) is 19.8. The fraction of sp³-hybridized carbons (Fsp3) is 0.333. The van der Waals surface area contributed by atoms with Crippen molar-refractivity contribution in [1.82, 2.24) is 4.90 Å². The summed E-state index contributed by atoms with van der Waals surface area (Å²) in [5.74, 6) is -0.922. The monoisotopic (exact) mass is 386 g/mol. The normalized spacial score (nSPS) is 15.5. The minimum Gasteiger partial charge on any atom is -0.370 e. The summed E-state index contributed by atoms with van der Waals surface area (Å²) < 4.78 is 26.8. The molecule has 28 heavy (non-hydrogen) atoms. The maximum absolute atomic E-state index is 13.6. The summed E-state index contributed by atoms with van der Waals surface area (Å²) in [5.41, 5.74) is 6.89. The number of benzene rings is 2. The van der Waals surface area contributed by atoms with Gasteiger partial charge in [0.15, 0.2) is 5.96 Å². The van der Waals surface area contributed by atoms with E-state index in [-0.39, 0.29) is 24.1 Å². The van der Waals surface area contributed by atoms with E-state index in [2.05, 4.69) is 22.4 Å². The first-order valence-electron chi connectivity index (χ1n) is 9.35. The number of nitrogens with zero attached hydrogens (tertiary/aromatic N) is 2. The van der Waals surface area contributed by atoms with Crippen molar-refractivity contribution >= 4 is 17.6 Å². The number of carbonyl (C=O) groups excluding carboxylic acids is 1. The van der Waals surface area contributed by atoms with Crippen LogP contribution in [0.15, 0.2) is 53.5 Å². The van der Waals surface area contributed by atoms with Crippen LogP contribution in [0.25, 0.3) is 0 Å². The average Bonchev–Trinajstić information content (AvgIpc) is 2.70. The average molecular weight is 386 g/mol. The van der Waals surface area contributed by atoms with Crippen LogP contribution in [-0.2, 0) is 11.2 Å². The summed E-state index contributed by atoms with van der Waals surface area (Å²) >= 11 is 0. The Hall–Kier alpha value is -2.96. The number of piperidine rings is 1. The standard InChI is InChI=1S/C21H24F2N4O/c22-17-6-7-18(23)19(13-17)26-21(24)25-14-20(28)27-10-8-16(9-11-27)12-15-4-2-1-3-5-15/h1-7,13,16H,8-12,14H2,(H3,24,25,26). The lowest BCUT2D eigenvalue weighted by atomic mass is 9.90. The highest BCUT2D eigenvalue weighted by Gasteiger charge is 2.22. The second-order valence-electron chi connectivity index (χ2n) is 6.96. The fourth-order valence-electron chi connectivity index (χ4n) is 3.36. The third-order valence-electron chi connectivity index (χ3n) is 4.91. The van der Waals surface area contributed by atoms with E-state index in [9.17, 15) is 13.6 Å². The first-order valence-corrected chi connectivity index (χ1v) is 9.35. The van der Waals surface area contributed by atoms with E-state index in [0.717, 1.165) is 37.5 Å². The zero-order valence-corrected chi connectivity index (χ0v) is 15.6. The van der Waals surface area contributed by atoms with Crippen molar-refractivity contribution < 1.29 is 13.6 Å². The van der Waals surface area contributed by atoms with Crippen LogP contribution in [0.3, 0.4) is 0 Å². The Morgan fingerprint density at radius 2 is 1.86 bits per heavy atom. The summed E-state index contributed by atoms with van der Waals surface area (Å²) in [6.45, 7) is 1.26. The van der Waals surface area contributed by atoms with Crippen LogP contribution in [0.2, 0.25) is 0 Å². The van der Waals surface area contributed by atoms with Gasteiger partial charge < -0.3 is 16.0 Å². The first-order chi connectivity index (χ1) is 13.5. The number of aliphatic imine (C=N–C) groups is 1. The van der Waals surface area contributed by atoms with Gasteiger partial charge in [-0.25, -0.2) is 13.8 Å². The highest BCUT2D eigenvalue weighted by Crippen LogP contribution is 2.21. The predicted molar refractivity (Wildman–Crippen MR) is 106 cm³/mol. The summed E-state index contributed by atoms with van der Waals surface area (Å²) in [6, 6.07) is 13.3. The number of anilines is 1. The Bertz CT molecular complexity index is 834. The number of carbonyl (C=O) groups is 1. The topological polar surface area (TPSA) is 70.7 Å². The van der Waals surface area contributed by atoms with Crippen molar-refractivity contribution in [2.45, 2.75) is 19.3 Å². The van der Waals surface area contributed by atoms with Crippen LogP contribution in [0.4, 0.5) is 14.5 Å². The smallest absolute Gasteiger partial charge is 0.244 e. The molecule has 0 saturated carbocycles. The molecule has 0 aromatic heterocycles. The maximum atomic E-state index is 13.6. The minimum atomic E-state index is -0.647. The summed E-state index contributed by atoms with van der Waals surface area (Å²) in [7, 11) is 0. The van der Waals surface area contributed by atoms with Crippen LogP contribution < -0.4 is 11.1 Å². The van der Waals surface area contributed by atoms with Crippen molar-refractivity contribution in [3.63, 3.8) is 0 Å². The van der Waals surface area contributed by atoms with Gasteiger partial charge in [-0.15, -0.1) is 0 Å². The Morgan fingerprint density at radius 1 is 1.14 bits per heavy atom. The van der Waals surface area contributed by atoms with Crippen molar-refractivity contribution in [3.8, 4) is 0 Å². The molecule has 2 aromatic rings. The molecule has 3 N–H and O–H groups in total. The van der Waals surface area contributed by atoms with E-state index in [1.807, 2.05) is 18.2 Å². The van der Waals surface area contributed by atoms with E-state index in [1.165, 1.54) is 5.56 Å². The number of nitrogens with two attached hydrogens (primary N) is 1. The van der Waals surface area contributed by atoms with Gasteiger partial charge in [0.2, 0.25) is 5.91 Å². The number of rotatable bonds is 5. The molecule has 1 heterocycles. The van der Waals surface area contributed by atoms with Gasteiger partial charge >= 0.3 is 0 Å².